The van der Waals surface area contributed by atoms with E-state index in [1.54, 1.807) is 6.07 Å². The molecular weight excluding hydrogens is 214 g/mol. The molecule has 0 bridgehead atoms. The minimum atomic E-state index is -2.84. The van der Waals surface area contributed by atoms with Crippen LogP contribution in [0.15, 0.2) is 12.3 Å². The molecule has 14 heavy (non-hydrogen) atoms. The van der Waals surface area contributed by atoms with Gasteiger partial charge in [0.1, 0.15) is 11.8 Å². The van der Waals surface area contributed by atoms with Crippen molar-refractivity contribution in [1.82, 2.24) is 4.98 Å². The zero-order chi connectivity index (χ0) is 10.7. The first-order chi connectivity index (χ1) is 6.56. The molecule has 0 saturated heterocycles. The summed E-state index contributed by atoms with van der Waals surface area (Å²) < 4.78 is 24.6. The van der Waals surface area contributed by atoms with Gasteiger partial charge in [-0.3, -0.25) is 4.79 Å². The molecule has 0 unspecified atom stereocenters. The summed E-state index contributed by atoms with van der Waals surface area (Å²) in [6.07, 6.45) is -2.06. The Kier molecular flexibility index (Phi) is 3.10. The van der Waals surface area contributed by atoms with Gasteiger partial charge < -0.3 is 0 Å². The Morgan fingerprint density at radius 2 is 2.29 bits per heavy atom. The van der Waals surface area contributed by atoms with Crippen molar-refractivity contribution >= 4 is 16.8 Å². The van der Waals surface area contributed by atoms with Crippen LogP contribution < -0.4 is 0 Å². The molecule has 6 heteroatoms. The number of nitrogens with zero attached hydrogens (tertiary/aromatic N) is 2. The third kappa shape index (κ3) is 2.03. The predicted octanol–water partition coefficient (Wildman–Crippen LogP) is 2.27. The Balaban J connectivity index is 3.33. The fraction of sp³-hybridized carbons (Fsp3) is 0.125. The number of rotatable bonds is 2. The van der Waals surface area contributed by atoms with E-state index >= 15 is 0 Å². The number of hydrogen-bond acceptors (Lipinski definition) is 3. The largest absolute Gasteiger partial charge is 0.276 e. The van der Waals surface area contributed by atoms with E-state index < -0.39 is 17.2 Å². The van der Waals surface area contributed by atoms with Crippen LogP contribution in [0, 0.1) is 11.3 Å². The van der Waals surface area contributed by atoms with Gasteiger partial charge >= 0.3 is 0 Å². The zero-order valence-corrected chi connectivity index (χ0v) is 7.42. The number of alkyl halides is 2. The van der Waals surface area contributed by atoms with E-state index in [1.165, 1.54) is 0 Å². The highest BCUT2D eigenvalue weighted by atomic mass is 35.5. The molecule has 0 atom stereocenters. The van der Waals surface area contributed by atoms with Crippen LogP contribution in [0.2, 0.25) is 0 Å². The number of nitriles is 1. The van der Waals surface area contributed by atoms with E-state index in [9.17, 15) is 13.6 Å². The zero-order valence-electron chi connectivity index (χ0n) is 6.67. The molecule has 0 spiro atoms. The Morgan fingerprint density at radius 3 is 2.71 bits per heavy atom. The molecule has 1 rings (SSSR count). The number of aromatic nitrogens is 1. The average Bonchev–Trinajstić information content (AvgIpc) is 2.16. The third-order valence-electron chi connectivity index (χ3n) is 1.50. The summed E-state index contributed by atoms with van der Waals surface area (Å²) in [5.74, 6) is 0. The summed E-state index contributed by atoms with van der Waals surface area (Å²) in [6, 6.07) is 2.56. The number of halogens is 3. The molecule has 72 valence electrons. The van der Waals surface area contributed by atoms with Crippen molar-refractivity contribution in [1.29, 1.82) is 5.26 Å². The monoisotopic (exact) mass is 216 g/mol. The molecule has 0 aromatic carbocycles. The Morgan fingerprint density at radius 1 is 1.64 bits per heavy atom. The van der Waals surface area contributed by atoms with Crippen LogP contribution in [0.3, 0.4) is 0 Å². The van der Waals surface area contributed by atoms with Crippen molar-refractivity contribution < 1.29 is 13.6 Å². The van der Waals surface area contributed by atoms with Crippen LogP contribution in [-0.4, -0.2) is 10.2 Å². The van der Waals surface area contributed by atoms with E-state index in [4.69, 9.17) is 16.9 Å². The quantitative estimate of drug-likeness (QED) is 0.713. The highest BCUT2D eigenvalue weighted by Crippen LogP contribution is 2.23. The van der Waals surface area contributed by atoms with E-state index in [0.29, 0.717) is 0 Å². The summed E-state index contributed by atoms with van der Waals surface area (Å²) in [5.41, 5.74) is -1.07. The molecule has 0 fully saturated rings. The van der Waals surface area contributed by atoms with Gasteiger partial charge in [-0.25, -0.2) is 13.8 Å². The number of carbonyl (C=O) groups is 1. The van der Waals surface area contributed by atoms with Crippen LogP contribution >= 0.6 is 11.6 Å². The maximum Gasteiger partial charge on any atom is 0.266 e. The van der Waals surface area contributed by atoms with E-state index in [2.05, 4.69) is 4.98 Å². The van der Waals surface area contributed by atoms with Crippen LogP contribution in [0.5, 0.6) is 0 Å². The molecule has 0 aliphatic rings. The second-order valence-electron chi connectivity index (χ2n) is 2.34. The predicted molar refractivity (Wildman–Crippen MR) is 44.1 cm³/mol. The summed E-state index contributed by atoms with van der Waals surface area (Å²) in [7, 11) is 0. The number of pyridine rings is 1. The fourth-order valence-corrected chi connectivity index (χ4v) is 1.03. The first kappa shape index (κ1) is 10.5. The van der Waals surface area contributed by atoms with Gasteiger partial charge in [-0.15, -0.1) is 0 Å². The third-order valence-corrected chi connectivity index (χ3v) is 1.70. The number of hydrogen-bond donors (Lipinski definition) is 0. The number of carbonyl (C=O) groups excluding carboxylic acids is 1. The maximum atomic E-state index is 12.3. The molecule has 1 aromatic heterocycles. The maximum absolute atomic E-state index is 12.3. The lowest BCUT2D eigenvalue weighted by molar-refractivity contribution is 0.106. The molecule has 0 amide bonds. The highest BCUT2D eigenvalue weighted by molar-refractivity contribution is 6.67. The van der Waals surface area contributed by atoms with Gasteiger partial charge in [-0.05, 0) is 17.7 Å². The molecule has 0 aliphatic heterocycles. The normalized spacial score (nSPS) is 9.93. The van der Waals surface area contributed by atoms with Crippen molar-refractivity contribution in [3.8, 4) is 6.07 Å². The second-order valence-corrected chi connectivity index (χ2v) is 2.69. The van der Waals surface area contributed by atoms with Gasteiger partial charge in [-0.2, -0.15) is 5.26 Å². The lowest BCUT2D eigenvalue weighted by atomic mass is 10.1. The van der Waals surface area contributed by atoms with Crippen molar-refractivity contribution in [2.45, 2.75) is 6.43 Å². The molecule has 0 aliphatic carbocycles. The van der Waals surface area contributed by atoms with Crippen molar-refractivity contribution in [3.05, 3.63) is 29.1 Å². The van der Waals surface area contributed by atoms with Gasteiger partial charge in [0, 0.05) is 17.3 Å². The van der Waals surface area contributed by atoms with E-state index in [0.717, 1.165) is 12.3 Å². The van der Waals surface area contributed by atoms with Crippen LogP contribution in [0.25, 0.3) is 0 Å². The van der Waals surface area contributed by atoms with Gasteiger partial charge in [0.25, 0.3) is 11.7 Å². The summed E-state index contributed by atoms with van der Waals surface area (Å²) >= 11 is 5.07. The lowest BCUT2D eigenvalue weighted by Crippen LogP contribution is -2.00. The van der Waals surface area contributed by atoms with Gasteiger partial charge in [-0.1, -0.05) is 0 Å². The molecule has 0 saturated carbocycles. The molecule has 1 heterocycles. The minimum Gasteiger partial charge on any atom is -0.276 e. The standard InChI is InChI=1S/C8H3ClF2N2O/c9-7(14)5-1-4(2-12)13-3-6(5)8(10)11/h1,3,8H. The molecule has 3 nitrogen and oxygen atoms in total. The minimum absolute atomic E-state index is 0.126. The lowest BCUT2D eigenvalue weighted by Gasteiger charge is -2.03. The highest BCUT2D eigenvalue weighted by Gasteiger charge is 2.18. The van der Waals surface area contributed by atoms with Crippen LogP contribution in [0.4, 0.5) is 8.78 Å². The second kappa shape index (κ2) is 4.11. The fourth-order valence-electron chi connectivity index (χ4n) is 0.871. The van der Waals surface area contributed by atoms with Crippen molar-refractivity contribution in [2.24, 2.45) is 0 Å². The topological polar surface area (TPSA) is 53.8 Å². The molecule has 0 radical (unpaired) electrons. The Bertz CT molecular complexity index is 414. The first-order valence-corrected chi connectivity index (χ1v) is 3.82. The van der Waals surface area contributed by atoms with Gasteiger partial charge in [0.2, 0.25) is 0 Å². The molecular formula is C8H3ClF2N2O. The Hall–Kier alpha value is -1.54. The van der Waals surface area contributed by atoms with E-state index in [1.807, 2.05) is 0 Å². The summed E-state index contributed by atoms with van der Waals surface area (Å²) in [5, 5.41) is 7.39. The van der Waals surface area contributed by atoms with Crippen LogP contribution in [0.1, 0.15) is 28.0 Å². The Labute approximate surface area is 82.9 Å². The summed E-state index contributed by atoms with van der Waals surface area (Å²) in [6.45, 7) is 0. The van der Waals surface area contributed by atoms with Crippen molar-refractivity contribution in [2.75, 3.05) is 0 Å². The summed E-state index contributed by atoms with van der Waals surface area (Å²) in [4.78, 5) is 14.1. The molecule has 0 N–H and O–H groups in total. The molecule has 1 aromatic rings. The smallest absolute Gasteiger partial charge is 0.266 e. The van der Waals surface area contributed by atoms with Crippen LogP contribution in [-0.2, 0) is 0 Å². The van der Waals surface area contributed by atoms with E-state index in [-0.39, 0.29) is 11.3 Å². The first-order valence-electron chi connectivity index (χ1n) is 3.44. The van der Waals surface area contributed by atoms with Gasteiger partial charge in [0.05, 0.1) is 0 Å². The van der Waals surface area contributed by atoms with Crippen molar-refractivity contribution in [3.63, 3.8) is 0 Å². The van der Waals surface area contributed by atoms with Gasteiger partial charge in [0.15, 0.2) is 0 Å². The SMILES string of the molecule is N#Cc1cc(C(=O)Cl)c(C(F)F)cn1. The average molecular weight is 217 g/mol.